The van der Waals surface area contributed by atoms with Gasteiger partial charge in [-0.3, -0.25) is 0 Å². The minimum absolute atomic E-state index is 0.314. The van der Waals surface area contributed by atoms with Gasteiger partial charge >= 0.3 is 0 Å². The van der Waals surface area contributed by atoms with Crippen molar-refractivity contribution in [3.8, 4) is 12.0 Å². The summed E-state index contributed by atoms with van der Waals surface area (Å²) in [7, 11) is 0. The summed E-state index contributed by atoms with van der Waals surface area (Å²) < 4.78 is 1.47. The fourth-order valence-electron chi connectivity index (χ4n) is 1.29. The molecule has 0 bridgehead atoms. The molecule has 0 aliphatic rings. The molecule has 0 aliphatic heterocycles. The molecule has 0 saturated carbocycles. The summed E-state index contributed by atoms with van der Waals surface area (Å²) in [5, 5.41) is 12.9. The fourth-order valence-corrected chi connectivity index (χ4v) is 1.29. The minimum atomic E-state index is 0.314. The second-order valence-corrected chi connectivity index (χ2v) is 3.45. The maximum Gasteiger partial charge on any atom is 0.252 e. The van der Waals surface area contributed by atoms with Crippen molar-refractivity contribution in [2.24, 2.45) is 0 Å². The Morgan fingerprint density at radius 1 is 1.38 bits per heavy atom. The lowest BCUT2D eigenvalue weighted by atomic mass is 10.3. The van der Waals surface area contributed by atoms with Gasteiger partial charge in [0, 0.05) is 17.5 Å². The van der Waals surface area contributed by atoms with Crippen molar-refractivity contribution in [2.75, 3.05) is 5.73 Å². The Bertz CT molecular complexity index is 558. The van der Waals surface area contributed by atoms with Gasteiger partial charge in [-0.2, -0.15) is 5.26 Å². The molecule has 0 atom stereocenters. The van der Waals surface area contributed by atoms with Gasteiger partial charge in [0.15, 0.2) is 0 Å². The maximum absolute atomic E-state index is 8.80. The number of aromatic nitrogens is 4. The summed E-state index contributed by atoms with van der Waals surface area (Å²) >= 11 is 0. The molecule has 2 heterocycles. The summed E-state index contributed by atoms with van der Waals surface area (Å²) in [4.78, 5) is 8.24. The highest BCUT2D eigenvalue weighted by Gasteiger charge is 2.07. The van der Waals surface area contributed by atoms with Crippen molar-refractivity contribution < 1.29 is 0 Å². The van der Waals surface area contributed by atoms with E-state index in [4.69, 9.17) is 11.0 Å². The second-order valence-electron chi connectivity index (χ2n) is 3.45. The molecule has 0 spiro atoms. The van der Waals surface area contributed by atoms with E-state index in [1.165, 1.54) is 4.68 Å². The van der Waals surface area contributed by atoms with Crippen molar-refractivity contribution in [3.63, 3.8) is 0 Å². The van der Waals surface area contributed by atoms with Gasteiger partial charge in [-0.15, -0.1) is 5.10 Å². The number of hydrogen-bond donors (Lipinski definition) is 1. The van der Waals surface area contributed by atoms with Crippen LogP contribution in [0.25, 0.3) is 5.95 Å². The first-order chi connectivity index (χ1) is 7.60. The van der Waals surface area contributed by atoms with E-state index >= 15 is 0 Å². The van der Waals surface area contributed by atoms with Crippen molar-refractivity contribution in [1.82, 2.24) is 19.7 Å². The van der Waals surface area contributed by atoms with Crippen LogP contribution in [0.5, 0.6) is 0 Å². The summed E-state index contributed by atoms with van der Waals surface area (Å²) in [6.07, 6.45) is 1.73. The molecule has 2 rings (SSSR count). The van der Waals surface area contributed by atoms with Crippen LogP contribution in [0, 0.1) is 25.2 Å². The summed E-state index contributed by atoms with van der Waals surface area (Å²) in [6, 6.07) is 3.59. The van der Waals surface area contributed by atoms with E-state index in [0.29, 0.717) is 23.2 Å². The van der Waals surface area contributed by atoms with Crippen LogP contribution in [0.3, 0.4) is 0 Å². The number of nitriles is 1. The number of nitrogens with two attached hydrogens (primary N) is 1. The average Bonchev–Trinajstić information content (AvgIpc) is 2.58. The molecule has 16 heavy (non-hydrogen) atoms. The third-order valence-electron chi connectivity index (χ3n) is 2.10. The molecule has 0 aromatic carbocycles. The number of aryl methyl sites for hydroxylation is 2. The van der Waals surface area contributed by atoms with E-state index in [-0.39, 0.29) is 0 Å². The molecule has 6 nitrogen and oxygen atoms in total. The zero-order chi connectivity index (χ0) is 11.7. The van der Waals surface area contributed by atoms with Gasteiger partial charge in [0.1, 0.15) is 17.6 Å². The van der Waals surface area contributed by atoms with Crippen LogP contribution < -0.4 is 5.73 Å². The molecule has 2 aromatic rings. The molecule has 0 unspecified atom stereocenters. The standard InChI is InChI=1S/C10H10N6/c1-6-5-16(15-9(6)12)10-13-7(2)3-8(4-11)14-10/h3,5H,1-2H3,(H2,12,15). The third-order valence-corrected chi connectivity index (χ3v) is 2.10. The van der Waals surface area contributed by atoms with Crippen LogP contribution in [-0.2, 0) is 0 Å². The quantitative estimate of drug-likeness (QED) is 0.755. The highest BCUT2D eigenvalue weighted by molar-refractivity contribution is 5.38. The summed E-state index contributed by atoms with van der Waals surface area (Å²) in [5.41, 5.74) is 7.51. The van der Waals surface area contributed by atoms with Gasteiger partial charge in [-0.25, -0.2) is 14.6 Å². The molecule has 2 N–H and O–H groups in total. The number of nitrogens with zero attached hydrogens (tertiary/aromatic N) is 5. The van der Waals surface area contributed by atoms with Crippen LogP contribution in [0.1, 0.15) is 17.0 Å². The van der Waals surface area contributed by atoms with Crippen LogP contribution in [-0.4, -0.2) is 19.7 Å². The van der Waals surface area contributed by atoms with Gasteiger partial charge < -0.3 is 5.73 Å². The van der Waals surface area contributed by atoms with Gasteiger partial charge in [0.2, 0.25) is 0 Å². The van der Waals surface area contributed by atoms with E-state index in [9.17, 15) is 0 Å². The van der Waals surface area contributed by atoms with E-state index in [0.717, 1.165) is 5.56 Å². The van der Waals surface area contributed by atoms with E-state index in [1.807, 2.05) is 13.0 Å². The molecule has 0 amide bonds. The number of hydrogen-bond acceptors (Lipinski definition) is 5. The van der Waals surface area contributed by atoms with Crippen LogP contribution in [0.15, 0.2) is 12.3 Å². The first kappa shape index (κ1) is 10.1. The smallest absolute Gasteiger partial charge is 0.252 e. The number of anilines is 1. The van der Waals surface area contributed by atoms with E-state index < -0.39 is 0 Å². The minimum Gasteiger partial charge on any atom is -0.382 e. The summed E-state index contributed by atoms with van der Waals surface area (Å²) in [6.45, 7) is 3.64. The highest BCUT2D eigenvalue weighted by atomic mass is 15.4. The Morgan fingerprint density at radius 3 is 2.69 bits per heavy atom. The molecule has 6 heteroatoms. The Balaban J connectivity index is 2.56. The molecule has 0 radical (unpaired) electrons. The lowest BCUT2D eigenvalue weighted by Gasteiger charge is -2.00. The molecule has 0 saturated heterocycles. The van der Waals surface area contributed by atoms with Crippen molar-refractivity contribution >= 4 is 5.82 Å². The molecular weight excluding hydrogens is 204 g/mol. The van der Waals surface area contributed by atoms with Crippen molar-refractivity contribution in [1.29, 1.82) is 5.26 Å². The molecule has 80 valence electrons. The van der Waals surface area contributed by atoms with E-state index in [2.05, 4.69) is 15.1 Å². The van der Waals surface area contributed by atoms with Crippen LogP contribution in [0.2, 0.25) is 0 Å². The lowest BCUT2D eigenvalue weighted by molar-refractivity contribution is 0.801. The summed E-state index contributed by atoms with van der Waals surface area (Å²) in [5.74, 6) is 0.792. The van der Waals surface area contributed by atoms with Gasteiger partial charge in [0.05, 0.1) is 0 Å². The molecule has 2 aromatic heterocycles. The van der Waals surface area contributed by atoms with Gasteiger partial charge in [0.25, 0.3) is 5.95 Å². The molecular formula is C10H10N6. The monoisotopic (exact) mass is 214 g/mol. The first-order valence-electron chi connectivity index (χ1n) is 4.68. The van der Waals surface area contributed by atoms with Crippen molar-refractivity contribution in [3.05, 3.63) is 29.2 Å². The fraction of sp³-hybridized carbons (Fsp3) is 0.200. The van der Waals surface area contributed by atoms with Crippen molar-refractivity contribution in [2.45, 2.75) is 13.8 Å². The largest absolute Gasteiger partial charge is 0.382 e. The van der Waals surface area contributed by atoms with Crippen LogP contribution in [0.4, 0.5) is 5.82 Å². The Hall–Kier alpha value is -2.42. The van der Waals surface area contributed by atoms with Gasteiger partial charge in [-0.1, -0.05) is 0 Å². The Kier molecular flexibility index (Phi) is 2.29. The molecule has 0 fully saturated rings. The zero-order valence-corrected chi connectivity index (χ0v) is 8.97. The Labute approximate surface area is 92.4 Å². The second kappa shape index (κ2) is 3.62. The first-order valence-corrected chi connectivity index (χ1v) is 4.68. The predicted octanol–water partition coefficient (Wildman–Crippen LogP) is 0.733. The normalized spacial score (nSPS) is 10.1. The average molecular weight is 214 g/mol. The topological polar surface area (TPSA) is 93.4 Å². The maximum atomic E-state index is 8.80. The molecule has 0 aliphatic carbocycles. The SMILES string of the molecule is Cc1cc(C#N)nc(-n2cc(C)c(N)n2)n1. The highest BCUT2D eigenvalue weighted by Crippen LogP contribution is 2.10. The zero-order valence-electron chi connectivity index (χ0n) is 8.97. The third kappa shape index (κ3) is 1.70. The number of nitrogen functional groups attached to an aromatic ring is 1. The van der Waals surface area contributed by atoms with Gasteiger partial charge in [-0.05, 0) is 19.9 Å². The lowest BCUT2D eigenvalue weighted by Crippen LogP contribution is -2.05. The Morgan fingerprint density at radius 2 is 2.12 bits per heavy atom. The van der Waals surface area contributed by atoms with Crippen LogP contribution >= 0.6 is 0 Å². The predicted molar refractivity (Wildman–Crippen MR) is 57.8 cm³/mol. The van der Waals surface area contributed by atoms with E-state index in [1.54, 1.807) is 19.2 Å². The number of rotatable bonds is 1.